The van der Waals surface area contributed by atoms with Crippen LogP contribution in [0.15, 0.2) is 23.0 Å². The molecule has 0 bridgehead atoms. The van der Waals surface area contributed by atoms with Crippen LogP contribution >= 0.6 is 0 Å². The molecule has 72 valence electrons. The normalized spacial score (nSPS) is 10.7. The van der Waals surface area contributed by atoms with Gasteiger partial charge < -0.3 is 10.1 Å². The van der Waals surface area contributed by atoms with Gasteiger partial charge in [0.25, 0.3) is 5.56 Å². The summed E-state index contributed by atoms with van der Waals surface area (Å²) in [5, 5.41) is 10.3. The first-order chi connectivity index (χ1) is 6.58. The van der Waals surface area contributed by atoms with Crippen LogP contribution in [0.4, 0.5) is 0 Å². The third kappa shape index (κ3) is 1.27. The van der Waals surface area contributed by atoms with Crippen molar-refractivity contribution in [2.45, 2.75) is 13.8 Å². The van der Waals surface area contributed by atoms with E-state index < -0.39 is 0 Å². The minimum absolute atomic E-state index is 0.0375. The third-order valence-electron chi connectivity index (χ3n) is 2.27. The van der Waals surface area contributed by atoms with Crippen LogP contribution < -0.4 is 5.56 Å². The van der Waals surface area contributed by atoms with Gasteiger partial charge in [0.15, 0.2) is 0 Å². The molecule has 14 heavy (non-hydrogen) atoms. The molecule has 0 saturated carbocycles. The van der Waals surface area contributed by atoms with Gasteiger partial charge >= 0.3 is 0 Å². The second-order valence-electron chi connectivity index (χ2n) is 3.52. The molecule has 0 aliphatic carbocycles. The van der Waals surface area contributed by atoms with E-state index in [-0.39, 0.29) is 11.3 Å². The minimum atomic E-state index is -0.276. The van der Waals surface area contributed by atoms with Crippen LogP contribution in [0.2, 0.25) is 0 Å². The van der Waals surface area contributed by atoms with Crippen molar-refractivity contribution in [1.82, 2.24) is 4.98 Å². The van der Waals surface area contributed by atoms with E-state index in [9.17, 15) is 9.90 Å². The Bertz CT molecular complexity index is 555. The molecule has 2 N–H and O–H groups in total. The van der Waals surface area contributed by atoms with E-state index in [2.05, 4.69) is 4.98 Å². The molecule has 1 heterocycles. The molecular weight excluding hydrogens is 178 g/mol. The van der Waals surface area contributed by atoms with Crippen LogP contribution in [0.5, 0.6) is 5.75 Å². The van der Waals surface area contributed by atoms with Crippen LogP contribution in [-0.2, 0) is 0 Å². The molecule has 0 aliphatic heterocycles. The van der Waals surface area contributed by atoms with Crippen LogP contribution in [0, 0.1) is 13.8 Å². The second-order valence-corrected chi connectivity index (χ2v) is 3.52. The van der Waals surface area contributed by atoms with Crippen molar-refractivity contribution < 1.29 is 5.11 Å². The largest absolute Gasteiger partial charge is 0.507 e. The maximum absolute atomic E-state index is 11.1. The fourth-order valence-corrected chi connectivity index (χ4v) is 1.70. The van der Waals surface area contributed by atoms with Crippen LogP contribution in [0.3, 0.4) is 0 Å². The van der Waals surface area contributed by atoms with Crippen LogP contribution in [0.25, 0.3) is 10.9 Å². The molecule has 0 saturated heterocycles. The van der Waals surface area contributed by atoms with E-state index in [0.717, 1.165) is 11.1 Å². The number of aromatic hydroxyl groups is 1. The number of hydrogen-bond acceptors (Lipinski definition) is 2. The van der Waals surface area contributed by atoms with Crippen molar-refractivity contribution in [3.63, 3.8) is 0 Å². The highest BCUT2D eigenvalue weighted by atomic mass is 16.3. The second kappa shape index (κ2) is 2.87. The number of H-pyrrole nitrogens is 1. The van der Waals surface area contributed by atoms with Crippen molar-refractivity contribution in [3.05, 3.63) is 39.7 Å². The molecular formula is C11H11NO2. The molecule has 1 aromatic heterocycles. The summed E-state index contributed by atoms with van der Waals surface area (Å²) in [5.41, 5.74) is 2.47. The summed E-state index contributed by atoms with van der Waals surface area (Å²) >= 11 is 0. The van der Waals surface area contributed by atoms with E-state index in [1.54, 1.807) is 0 Å². The number of hydrogen-bond donors (Lipinski definition) is 2. The van der Waals surface area contributed by atoms with Gasteiger partial charge in [-0.15, -0.1) is 0 Å². The average Bonchev–Trinajstić information content (AvgIpc) is 2.07. The van der Waals surface area contributed by atoms with E-state index in [1.165, 1.54) is 6.07 Å². The van der Waals surface area contributed by atoms with Crippen molar-refractivity contribution in [3.8, 4) is 5.75 Å². The highest BCUT2D eigenvalue weighted by molar-refractivity contribution is 5.87. The number of aromatic nitrogens is 1. The Balaban J connectivity index is 3.01. The van der Waals surface area contributed by atoms with Crippen molar-refractivity contribution in [2.24, 2.45) is 0 Å². The van der Waals surface area contributed by atoms with E-state index >= 15 is 0 Å². The first-order valence-electron chi connectivity index (χ1n) is 4.41. The van der Waals surface area contributed by atoms with E-state index in [0.29, 0.717) is 10.9 Å². The highest BCUT2D eigenvalue weighted by Gasteiger charge is 2.04. The van der Waals surface area contributed by atoms with Crippen molar-refractivity contribution in [1.29, 1.82) is 0 Å². The predicted octanol–water partition coefficient (Wildman–Crippen LogP) is 1.85. The molecule has 0 atom stereocenters. The standard InChI is InChI=1S/C11H11NO2/c1-6-3-7(2)11-8(4-6)9(13)5-10(14)12-11/h3-5H,1-2H3,(H2,12,13,14). The van der Waals surface area contributed by atoms with Gasteiger partial charge in [0.2, 0.25) is 0 Å². The number of pyridine rings is 1. The van der Waals surface area contributed by atoms with Crippen molar-refractivity contribution in [2.75, 3.05) is 0 Å². The summed E-state index contributed by atoms with van der Waals surface area (Å²) in [5.74, 6) is 0.0375. The molecule has 3 heteroatoms. The Labute approximate surface area is 81.0 Å². The topological polar surface area (TPSA) is 53.1 Å². The molecule has 0 spiro atoms. The van der Waals surface area contributed by atoms with Gasteiger partial charge in [0.1, 0.15) is 5.75 Å². The van der Waals surface area contributed by atoms with E-state index in [1.807, 2.05) is 26.0 Å². The maximum atomic E-state index is 11.1. The zero-order chi connectivity index (χ0) is 10.3. The number of aryl methyl sites for hydroxylation is 2. The zero-order valence-corrected chi connectivity index (χ0v) is 8.09. The number of fused-ring (bicyclic) bond motifs is 1. The monoisotopic (exact) mass is 189 g/mol. The number of nitrogens with one attached hydrogen (secondary N) is 1. The molecule has 0 amide bonds. The first-order valence-corrected chi connectivity index (χ1v) is 4.41. The summed E-state index contributed by atoms with van der Waals surface area (Å²) in [7, 11) is 0. The number of benzene rings is 1. The maximum Gasteiger partial charge on any atom is 0.252 e. The summed E-state index contributed by atoms with van der Waals surface area (Å²) in [4.78, 5) is 13.8. The Morgan fingerprint density at radius 1 is 1.21 bits per heavy atom. The predicted molar refractivity (Wildman–Crippen MR) is 55.7 cm³/mol. The molecule has 3 nitrogen and oxygen atoms in total. The Morgan fingerprint density at radius 3 is 2.64 bits per heavy atom. The van der Waals surface area contributed by atoms with Gasteiger partial charge in [-0.05, 0) is 31.0 Å². The summed E-state index contributed by atoms with van der Waals surface area (Å²) in [6.07, 6.45) is 0. The van der Waals surface area contributed by atoms with Crippen LogP contribution in [-0.4, -0.2) is 10.1 Å². The lowest BCUT2D eigenvalue weighted by molar-refractivity contribution is 0.480. The van der Waals surface area contributed by atoms with Gasteiger partial charge in [-0.2, -0.15) is 0 Å². The molecule has 0 aliphatic rings. The Morgan fingerprint density at radius 2 is 1.93 bits per heavy atom. The minimum Gasteiger partial charge on any atom is -0.507 e. The van der Waals surface area contributed by atoms with Crippen LogP contribution in [0.1, 0.15) is 11.1 Å². The van der Waals surface area contributed by atoms with Gasteiger partial charge in [-0.1, -0.05) is 6.07 Å². The first kappa shape index (κ1) is 8.81. The fourth-order valence-electron chi connectivity index (χ4n) is 1.70. The Hall–Kier alpha value is -1.77. The average molecular weight is 189 g/mol. The van der Waals surface area contributed by atoms with E-state index in [4.69, 9.17) is 0 Å². The lowest BCUT2D eigenvalue weighted by Crippen LogP contribution is -2.04. The molecule has 0 unspecified atom stereocenters. The van der Waals surface area contributed by atoms with Gasteiger partial charge in [-0.25, -0.2) is 0 Å². The fraction of sp³-hybridized carbons (Fsp3) is 0.182. The number of rotatable bonds is 0. The summed E-state index contributed by atoms with van der Waals surface area (Å²) in [6.45, 7) is 3.86. The Kier molecular flexibility index (Phi) is 1.81. The molecule has 2 rings (SSSR count). The van der Waals surface area contributed by atoms with Gasteiger partial charge in [0, 0.05) is 11.5 Å². The zero-order valence-electron chi connectivity index (χ0n) is 8.09. The lowest BCUT2D eigenvalue weighted by Gasteiger charge is -2.05. The molecule has 0 fully saturated rings. The van der Waals surface area contributed by atoms with Crippen molar-refractivity contribution >= 4 is 10.9 Å². The molecule has 2 aromatic rings. The third-order valence-corrected chi connectivity index (χ3v) is 2.27. The molecule has 1 aromatic carbocycles. The highest BCUT2D eigenvalue weighted by Crippen LogP contribution is 2.24. The SMILES string of the molecule is Cc1cc(C)c2[nH]c(=O)cc(O)c2c1. The van der Waals surface area contributed by atoms with Gasteiger partial charge in [0.05, 0.1) is 5.52 Å². The summed E-state index contributed by atoms with van der Waals surface area (Å²) in [6, 6.07) is 5.02. The molecule has 0 radical (unpaired) electrons. The quantitative estimate of drug-likeness (QED) is 0.664. The summed E-state index contributed by atoms with van der Waals surface area (Å²) < 4.78 is 0. The smallest absolute Gasteiger partial charge is 0.252 e. The van der Waals surface area contributed by atoms with Gasteiger partial charge in [-0.3, -0.25) is 4.79 Å². The lowest BCUT2D eigenvalue weighted by atomic mass is 10.1. The number of aromatic amines is 1.